The molecule has 0 saturated carbocycles. The van der Waals surface area contributed by atoms with Crippen molar-refractivity contribution < 1.29 is 4.39 Å². The van der Waals surface area contributed by atoms with E-state index in [1.54, 1.807) is 0 Å². The van der Waals surface area contributed by atoms with Crippen LogP contribution in [-0.2, 0) is 0 Å². The monoisotopic (exact) mass is 234 g/mol. The number of hydrogen-bond donors (Lipinski definition) is 0. The topological polar surface area (TPSA) is 0 Å². The van der Waals surface area contributed by atoms with E-state index in [0.717, 1.165) is 24.9 Å². The third kappa shape index (κ3) is 10.4. The van der Waals surface area contributed by atoms with Crippen molar-refractivity contribution in [3.8, 4) is 0 Å². The molecule has 0 aliphatic heterocycles. The van der Waals surface area contributed by atoms with Crippen LogP contribution in [0.1, 0.15) is 12.8 Å². The van der Waals surface area contributed by atoms with Crippen molar-refractivity contribution in [3.63, 3.8) is 0 Å². The van der Waals surface area contributed by atoms with E-state index in [-0.39, 0.29) is 0 Å². The summed E-state index contributed by atoms with van der Waals surface area (Å²) in [5.41, 5.74) is 0. The Labute approximate surface area is 91.3 Å². The van der Waals surface area contributed by atoms with E-state index in [2.05, 4.69) is 39.3 Å². The van der Waals surface area contributed by atoms with Crippen LogP contribution in [0, 0.1) is 0 Å². The van der Waals surface area contributed by atoms with Gasteiger partial charge in [-0.3, -0.25) is 0 Å². The van der Waals surface area contributed by atoms with E-state index >= 15 is 0 Å². The summed E-state index contributed by atoms with van der Waals surface area (Å²) in [5, 5.41) is 0. The van der Waals surface area contributed by atoms with Gasteiger partial charge in [0.2, 0.25) is 0 Å². The van der Waals surface area contributed by atoms with Crippen LogP contribution in [0.4, 0.5) is 4.39 Å². The molecule has 0 rings (SSSR count). The zero-order valence-electron chi connectivity index (χ0n) is 10.8. The Bertz CT molecular complexity index is 138. The van der Waals surface area contributed by atoms with Crippen molar-refractivity contribution in [2.75, 3.05) is 0 Å². The molecule has 0 bridgehead atoms. The molecule has 0 amide bonds. The van der Waals surface area contributed by atoms with Crippen molar-refractivity contribution >= 4 is 16.1 Å². The van der Waals surface area contributed by atoms with Gasteiger partial charge in [-0.15, -0.1) is 0 Å². The minimum Gasteiger partial charge on any atom is -0.248 e. The molecule has 0 saturated heterocycles. The maximum Gasteiger partial charge on any atom is 0.0996 e. The third-order valence-electron chi connectivity index (χ3n) is 2.42. The Balaban J connectivity index is 3.62. The van der Waals surface area contributed by atoms with E-state index in [4.69, 9.17) is 0 Å². The van der Waals surface area contributed by atoms with Gasteiger partial charge in [-0.25, -0.2) is 4.39 Å². The molecule has 0 spiro atoms. The predicted molar refractivity (Wildman–Crippen MR) is 70.4 cm³/mol. The summed E-state index contributed by atoms with van der Waals surface area (Å²) >= 11 is 0. The van der Waals surface area contributed by atoms with Crippen LogP contribution in [0.2, 0.25) is 51.4 Å². The molecule has 0 N–H and O–H groups in total. The van der Waals surface area contributed by atoms with Gasteiger partial charge < -0.3 is 0 Å². The van der Waals surface area contributed by atoms with E-state index in [0.29, 0.717) is 0 Å². The van der Waals surface area contributed by atoms with E-state index in [9.17, 15) is 4.39 Å². The summed E-state index contributed by atoms with van der Waals surface area (Å²) in [6.07, 6.45) is 1.08. The lowest BCUT2D eigenvalue weighted by Gasteiger charge is -2.20. The first-order chi connectivity index (χ1) is 6.10. The quantitative estimate of drug-likeness (QED) is 0.580. The minimum absolute atomic E-state index is 0.534. The lowest BCUT2D eigenvalue weighted by atomic mass is 10.2. The molecule has 0 fully saturated rings. The Morgan fingerprint density at radius 2 is 1.07 bits per heavy atom. The second-order valence-electron chi connectivity index (χ2n) is 6.80. The van der Waals surface area contributed by atoms with Gasteiger partial charge in [0.1, 0.15) is 0 Å². The molecule has 0 aromatic carbocycles. The van der Waals surface area contributed by atoms with Gasteiger partial charge in [0, 0.05) is 16.1 Å². The van der Waals surface area contributed by atoms with Crippen molar-refractivity contribution in [2.45, 2.75) is 70.4 Å². The molecule has 0 nitrogen and oxygen atoms in total. The molecule has 0 unspecified atom stereocenters. The second kappa shape index (κ2) is 5.45. The number of hydrogen-bond acceptors (Lipinski definition) is 0. The van der Waals surface area contributed by atoms with Gasteiger partial charge >= 0.3 is 0 Å². The summed E-state index contributed by atoms with van der Waals surface area (Å²) in [6, 6.07) is 2.28. The Kier molecular flexibility index (Phi) is 5.59. The Hall–Kier alpha value is 0.364. The highest BCUT2D eigenvalue weighted by molar-refractivity contribution is 6.76. The van der Waals surface area contributed by atoms with Crippen LogP contribution in [0.25, 0.3) is 0 Å². The standard InChI is InChI=1S/C11H27FSi2/c1-13(2,3)9-7-11(12)8-10-14(4,5)6/h11H,7-10H2,1-6H3. The summed E-state index contributed by atoms with van der Waals surface area (Å²) < 4.78 is 13.5. The smallest absolute Gasteiger partial charge is 0.0996 e. The predicted octanol–water partition coefficient (Wildman–Crippen LogP) is 4.78. The highest BCUT2D eigenvalue weighted by Crippen LogP contribution is 2.20. The molecule has 14 heavy (non-hydrogen) atoms. The number of halogens is 1. The molecule has 0 aliphatic rings. The van der Waals surface area contributed by atoms with Gasteiger partial charge in [0.25, 0.3) is 0 Å². The first-order valence-electron chi connectivity index (χ1n) is 5.74. The number of rotatable bonds is 6. The Morgan fingerprint density at radius 1 is 0.786 bits per heavy atom. The fourth-order valence-electron chi connectivity index (χ4n) is 1.32. The minimum atomic E-state index is -1.02. The summed E-state index contributed by atoms with van der Waals surface area (Å²) in [7, 11) is -2.05. The summed E-state index contributed by atoms with van der Waals surface area (Å²) in [4.78, 5) is 0. The van der Waals surface area contributed by atoms with Crippen LogP contribution < -0.4 is 0 Å². The van der Waals surface area contributed by atoms with Crippen LogP contribution >= 0.6 is 0 Å². The first kappa shape index (κ1) is 14.4. The van der Waals surface area contributed by atoms with Gasteiger partial charge in [-0.05, 0) is 12.8 Å². The number of alkyl halides is 1. The van der Waals surface area contributed by atoms with Crippen LogP contribution in [-0.4, -0.2) is 22.3 Å². The fraction of sp³-hybridized carbons (Fsp3) is 1.00. The lowest BCUT2D eigenvalue weighted by Crippen LogP contribution is -2.23. The maximum atomic E-state index is 13.5. The van der Waals surface area contributed by atoms with Gasteiger partial charge in [-0.1, -0.05) is 51.4 Å². The molecule has 0 aliphatic carbocycles. The summed E-state index contributed by atoms with van der Waals surface area (Å²) in [5.74, 6) is 0. The molecule has 0 aromatic rings. The van der Waals surface area contributed by atoms with Crippen LogP contribution in [0.3, 0.4) is 0 Å². The molecule has 0 radical (unpaired) electrons. The molecular weight excluding hydrogens is 207 g/mol. The zero-order chi connectivity index (χ0) is 11.4. The second-order valence-corrected chi connectivity index (χ2v) is 18.0. The molecule has 0 atom stereocenters. The lowest BCUT2D eigenvalue weighted by molar-refractivity contribution is 0.314. The normalized spacial score (nSPS) is 13.7. The maximum absolute atomic E-state index is 13.5. The first-order valence-corrected chi connectivity index (χ1v) is 13.2. The van der Waals surface area contributed by atoms with Gasteiger partial charge in [0.05, 0.1) is 6.17 Å². The fourth-order valence-corrected chi connectivity index (χ4v) is 3.68. The van der Waals surface area contributed by atoms with Crippen molar-refractivity contribution in [1.82, 2.24) is 0 Å². The molecular formula is C11H27FSi2. The third-order valence-corrected chi connectivity index (χ3v) is 5.99. The molecule has 86 valence electrons. The average Bonchev–Trinajstić information content (AvgIpc) is 1.94. The van der Waals surface area contributed by atoms with E-state index in [1.807, 2.05) is 0 Å². The van der Waals surface area contributed by atoms with Crippen molar-refractivity contribution in [3.05, 3.63) is 0 Å². The average molecular weight is 235 g/mol. The summed E-state index contributed by atoms with van der Waals surface area (Å²) in [6.45, 7) is 13.9. The largest absolute Gasteiger partial charge is 0.248 e. The van der Waals surface area contributed by atoms with Crippen molar-refractivity contribution in [1.29, 1.82) is 0 Å². The zero-order valence-corrected chi connectivity index (χ0v) is 12.8. The highest BCUT2D eigenvalue weighted by atomic mass is 28.3. The van der Waals surface area contributed by atoms with E-state index in [1.165, 1.54) is 0 Å². The highest BCUT2D eigenvalue weighted by Gasteiger charge is 2.19. The van der Waals surface area contributed by atoms with Gasteiger partial charge in [0.15, 0.2) is 0 Å². The molecule has 0 aromatic heterocycles. The van der Waals surface area contributed by atoms with E-state index < -0.39 is 22.3 Å². The van der Waals surface area contributed by atoms with Crippen LogP contribution in [0.15, 0.2) is 0 Å². The Morgan fingerprint density at radius 3 is 1.29 bits per heavy atom. The van der Waals surface area contributed by atoms with Gasteiger partial charge in [-0.2, -0.15) is 0 Å². The van der Waals surface area contributed by atoms with Crippen LogP contribution in [0.5, 0.6) is 0 Å². The van der Waals surface area contributed by atoms with Crippen molar-refractivity contribution in [2.24, 2.45) is 0 Å². The molecule has 0 heterocycles. The molecule has 3 heteroatoms. The SMILES string of the molecule is C[Si](C)(C)CCC(F)CC[Si](C)(C)C.